The van der Waals surface area contributed by atoms with Gasteiger partial charge < -0.3 is 30.2 Å². The standard InChI is InChI=1S/C21H26FN3O5/c1-30-19-16-13(18(27)14(20(28)29)11-25(16)12-2-3-12)10-15(22)17(19)24-7-4-21(23,5-8-24)6-9-26/h10-12,26H,2-9,23H2,1H3,(H,28,29). The van der Waals surface area contributed by atoms with Crippen molar-refractivity contribution in [3.05, 3.63) is 33.9 Å². The molecular weight excluding hydrogens is 393 g/mol. The lowest BCUT2D eigenvalue weighted by Gasteiger charge is -2.40. The van der Waals surface area contributed by atoms with Crippen LogP contribution < -0.4 is 20.8 Å². The maximum atomic E-state index is 15.3. The highest BCUT2D eigenvalue weighted by atomic mass is 19.1. The van der Waals surface area contributed by atoms with Crippen LogP contribution in [0.15, 0.2) is 17.1 Å². The summed E-state index contributed by atoms with van der Waals surface area (Å²) in [6.45, 7) is 0.968. The molecule has 1 aliphatic carbocycles. The molecule has 0 bridgehead atoms. The number of hydrogen-bond acceptors (Lipinski definition) is 6. The summed E-state index contributed by atoms with van der Waals surface area (Å²) in [6, 6.07) is 1.18. The molecule has 2 aromatic rings. The zero-order valence-corrected chi connectivity index (χ0v) is 16.9. The van der Waals surface area contributed by atoms with E-state index >= 15 is 4.39 Å². The SMILES string of the molecule is COc1c(N2CCC(N)(CCO)CC2)c(F)cc2c(=O)c(C(=O)O)cn(C3CC3)c12. The Hall–Kier alpha value is -2.65. The summed E-state index contributed by atoms with van der Waals surface area (Å²) >= 11 is 0. The van der Waals surface area contributed by atoms with Crippen LogP contribution in [0.25, 0.3) is 10.9 Å². The minimum atomic E-state index is -1.33. The van der Waals surface area contributed by atoms with Gasteiger partial charge in [0.15, 0.2) is 11.6 Å². The summed E-state index contributed by atoms with van der Waals surface area (Å²) in [5.41, 5.74) is 5.43. The highest BCUT2D eigenvalue weighted by molar-refractivity contribution is 5.97. The van der Waals surface area contributed by atoms with Gasteiger partial charge in [-0.1, -0.05) is 0 Å². The number of rotatable bonds is 6. The summed E-state index contributed by atoms with van der Waals surface area (Å²) in [5, 5.41) is 18.7. The highest BCUT2D eigenvalue weighted by Gasteiger charge is 2.35. The van der Waals surface area contributed by atoms with E-state index in [0.717, 1.165) is 18.9 Å². The lowest BCUT2D eigenvalue weighted by atomic mass is 9.85. The van der Waals surface area contributed by atoms with Gasteiger partial charge in [0.25, 0.3) is 0 Å². The Labute approximate surface area is 172 Å². The molecule has 2 heterocycles. The fourth-order valence-electron chi connectivity index (χ4n) is 4.37. The van der Waals surface area contributed by atoms with E-state index in [9.17, 15) is 19.8 Å². The van der Waals surface area contributed by atoms with Crippen molar-refractivity contribution < 1.29 is 24.1 Å². The number of carbonyl (C=O) groups is 1. The quantitative estimate of drug-likeness (QED) is 0.654. The van der Waals surface area contributed by atoms with E-state index in [1.165, 1.54) is 13.3 Å². The Morgan fingerprint density at radius 2 is 2.03 bits per heavy atom. The van der Waals surface area contributed by atoms with Crippen LogP contribution in [0.2, 0.25) is 0 Å². The molecule has 1 aromatic heterocycles. The van der Waals surface area contributed by atoms with E-state index in [4.69, 9.17) is 10.5 Å². The van der Waals surface area contributed by atoms with Crippen LogP contribution in [0.3, 0.4) is 0 Å². The lowest BCUT2D eigenvalue weighted by molar-refractivity contribution is 0.0694. The summed E-state index contributed by atoms with van der Waals surface area (Å²) in [5.74, 6) is -1.73. The first-order valence-corrected chi connectivity index (χ1v) is 10.1. The number of ether oxygens (including phenoxy) is 1. The molecular formula is C21H26FN3O5. The Morgan fingerprint density at radius 3 is 2.57 bits per heavy atom. The molecule has 162 valence electrons. The first-order valence-electron chi connectivity index (χ1n) is 10.1. The molecule has 2 fully saturated rings. The maximum absolute atomic E-state index is 15.3. The van der Waals surface area contributed by atoms with Gasteiger partial charge >= 0.3 is 5.97 Å². The Bertz CT molecular complexity index is 1060. The predicted molar refractivity (Wildman–Crippen MR) is 110 cm³/mol. The number of carboxylic acids is 1. The number of aliphatic hydroxyl groups excluding tert-OH is 1. The zero-order chi connectivity index (χ0) is 21.6. The van der Waals surface area contributed by atoms with Crippen molar-refractivity contribution in [3.8, 4) is 5.75 Å². The normalized spacial score (nSPS) is 18.6. The largest absolute Gasteiger partial charge is 0.492 e. The van der Waals surface area contributed by atoms with E-state index in [2.05, 4.69) is 0 Å². The Balaban J connectivity index is 1.87. The van der Waals surface area contributed by atoms with E-state index in [-0.39, 0.29) is 35.0 Å². The molecule has 30 heavy (non-hydrogen) atoms. The van der Waals surface area contributed by atoms with Gasteiger partial charge in [-0.3, -0.25) is 4.79 Å². The van der Waals surface area contributed by atoms with Gasteiger partial charge in [0, 0.05) is 37.5 Å². The van der Waals surface area contributed by atoms with Crippen molar-refractivity contribution in [1.29, 1.82) is 0 Å². The summed E-state index contributed by atoms with van der Waals surface area (Å²) in [4.78, 5) is 26.2. The number of nitrogens with two attached hydrogens (primary N) is 1. The Morgan fingerprint density at radius 1 is 1.37 bits per heavy atom. The number of piperidine rings is 1. The minimum Gasteiger partial charge on any atom is -0.492 e. The fraction of sp³-hybridized carbons (Fsp3) is 0.524. The smallest absolute Gasteiger partial charge is 0.341 e. The van der Waals surface area contributed by atoms with Crippen LogP contribution in [0.1, 0.15) is 48.5 Å². The van der Waals surface area contributed by atoms with Gasteiger partial charge in [-0.2, -0.15) is 0 Å². The second-order valence-corrected chi connectivity index (χ2v) is 8.27. The number of fused-ring (bicyclic) bond motifs is 1. The van der Waals surface area contributed by atoms with Gasteiger partial charge in [0.05, 0.1) is 18.0 Å². The topological polar surface area (TPSA) is 118 Å². The van der Waals surface area contributed by atoms with Gasteiger partial charge in [-0.25, -0.2) is 9.18 Å². The van der Waals surface area contributed by atoms with Crippen molar-refractivity contribution in [2.24, 2.45) is 5.73 Å². The van der Waals surface area contributed by atoms with Gasteiger partial charge in [-0.15, -0.1) is 0 Å². The predicted octanol–water partition coefficient (Wildman–Crippen LogP) is 1.86. The number of aromatic nitrogens is 1. The van der Waals surface area contributed by atoms with Crippen molar-refractivity contribution in [2.45, 2.75) is 43.7 Å². The molecule has 2 aliphatic rings. The third-order valence-corrected chi connectivity index (χ3v) is 6.26. The van der Waals surface area contributed by atoms with Crippen molar-refractivity contribution in [1.82, 2.24) is 4.57 Å². The van der Waals surface area contributed by atoms with Crippen molar-refractivity contribution in [2.75, 3.05) is 31.7 Å². The summed E-state index contributed by atoms with van der Waals surface area (Å²) in [7, 11) is 1.42. The Kier molecular flexibility index (Phi) is 5.19. The van der Waals surface area contributed by atoms with Crippen molar-refractivity contribution in [3.63, 3.8) is 0 Å². The molecule has 1 aliphatic heterocycles. The first kappa shape index (κ1) is 20.6. The summed E-state index contributed by atoms with van der Waals surface area (Å²) in [6.07, 6.45) is 4.71. The molecule has 0 unspecified atom stereocenters. The number of benzene rings is 1. The molecule has 8 nitrogen and oxygen atoms in total. The minimum absolute atomic E-state index is 0.00370. The van der Waals surface area contributed by atoms with E-state index in [1.54, 1.807) is 4.57 Å². The fourth-order valence-corrected chi connectivity index (χ4v) is 4.37. The van der Waals surface area contributed by atoms with Crippen LogP contribution in [-0.4, -0.2) is 53.1 Å². The molecule has 0 amide bonds. The number of aliphatic hydroxyl groups is 1. The number of carboxylic acid groups (broad SMARTS) is 1. The highest BCUT2D eigenvalue weighted by Crippen LogP contribution is 2.44. The molecule has 0 spiro atoms. The molecule has 1 aromatic carbocycles. The average molecular weight is 419 g/mol. The molecule has 0 radical (unpaired) electrons. The number of aromatic carboxylic acids is 1. The van der Waals surface area contributed by atoms with Crippen LogP contribution in [0, 0.1) is 5.82 Å². The molecule has 0 atom stereocenters. The molecule has 4 N–H and O–H groups in total. The van der Waals surface area contributed by atoms with E-state index in [0.29, 0.717) is 37.9 Å². The number of anilines is 1. The van der Waals surface area contributed by atoms with Gasteiger partial charge in [0.1, 0.15) is 11.3 Å². The van der Waals surface area contributed by atoms with Crippen LogP contribution in [-0.2, 0) is 0 Å². The van der Waals surface area contributed by atoms with Crippen LogP contribution >= 0.6 is 0 Å². The van der Waals surface area contributed by atoms with Gasteiger partial charge in [-0.05, 0) is 38.2 Å². The maximum Gasteiger partial charge on any atom is 0.341 e. The van der Waals surface area contributed by atoms with E-state index in [1.807, 2.05) is 4.90 Å². The van der Waals surface area contributed by atoms with Gasteiger partial charge in [0.2, 0.25) is 5.43 Å². The third-order valence-electron chi connectivity index (χ3n) is 6.26. The number of pyridine rings is 1. The lowest BCUT2D eigenvalue weighted by Crippen LogP contribution is -2.51. The van der Waals surface area contributed by atoms with Crippen LogP contribution in [0.5, 0.6) is 5.75 Å². The van der Waals surface area contributed by atoms with E-state index < -0.39 is 22.8 Å². The first-order chi connectivity index (χ1) is 14.3. The average Bonchev–Trinajstić information content (AvgIpc) is 3.54. The monoisotopic (exact) mass is 419 g/mol. The molecule has 9 heteroatoms. The van der Waals surface area contributed by atoms with Crippen LogP contribution in [0.4, 0.5) is 10.1 Å². The molecule has 1 saturated heterocycles. The number of halogens is 1. The number of nitrogens with zero attached hydrogens (tertiary/aromatic N) is 2. The zero-order valence-electron chi connectivity index (χ0n) is 16.9. The second kappa shape index (κ2) is 7.55. The second-order valence-electron chi connectivity index (χ2n) is 8.27. The van der Waals surface area contributed by atoms with Crippen molar-refractivity contribution >= 4 is 22.6 Å². The number of hydrogen-bond donors (Lipinski definition) is 3. The number of methoxy groups -OCH3 is 1. The molecule has 4 rings (SSSR count). The summed E-state index contributed by atoms with van der Waals surface area (Å²) < 4.78 is 22.6. The molecule has 1 saturated carbocycles. The third kappa shape index (κ3) is 3.41.